The molecule has 0 aliphatic heterocycles. The number of hydrogen-bond donors (Lipinski definition) is 1. The number of nitrogens with one attached hydrogen (secondary N) is 1. The molecule has 0 saturated heterocycles. The summed E-state index contributed by atoms with van der Waals surface area (Å²) in [6.45, 7) is 6.24. The average molecular weight is 297 g/mol. The molecule has 0 aliphatic carbocycles. The lowest BCUT2D eigenvalue weighted by Gasteiger charge is -2.19. The van der Waals surface area contributed by atoms with E-state index in [1.165, 1.54) is 6.33 Å². The van der Waals surface area contributed by atoms with Gasteiger partial charge < -0.3 is 0 Å². The molecule has 2 aromatic rings. The largest absolute Gasteiger partial charge is 0.263 e. The number of hydrogen-bond acceptors (Lipinski definition) is 5. The van der Waals surface area contributed by atoms with Crippen LogP contribution in [0.2, 0.25) is 0 Å². The van der Waals surface area contributed by atoms with Crippen molar-refractivity contribution < 1.29 is 8.42 Å². The SMILES string of the molecule is CC(C)(C)c1ccc(S(=O)(=O)Nc2ncns2)cc1. The monoisotopic (exact) mass is 297 g/mol. The highest BCUT2D eigenvalue weighted by Crippen LogP contribution is 2.24. The van der Waals surface area contributed by atoms with Gasteiger partial charge in [0.2, 0.25) is 5.13 Å². The number of rotatable bonds is 3. The van der Waals surface area contributed by atoms with E-state index in [0.29, 0.717) is 0 Å². The third kappa shape index (κ3) is 3.30. The number of aromatic nitrogens is 2. The Kier molecular flexibility index (Phi) is 3.60. The molecular weight excluding hydrogens is 282 g/mol. The second kappa shape index (κ2) is 4.90. The van der Waals surface area contributed by atoms with Crippen molar-refractivity contribution in [2.45, 2.75) is 31.1 Å². The normalized spacial score (nSPS) is 12.4. The van der Waals surface area contributed by atoms with Crippen LogP contribution >= 0.6 is 11.5 Å². The predicted molar refractivity (Wildman–Crippen MR) is 75.9 cm³/mol. The standard InChI is InChI=1S/C12H15N3O2S2/c1-12(2,3)9-4-6-10(7-5-9)19(16,17)15-11-13-8-14-18-11/h4-8H,1-3H3,(H,13,14,15). The zero-order valence-electron chi connectivity index (χ0n) is 10.9. The molecule has 0 spiro atoms. The molecule has 0 aliphatic rings. The van der Waals surface area contributed by atoms with Crippen LogP contribution in [0.5, 0.6) is 0 Å². The number of nitrogens with zero attached hydrogens (tertiary/aromatic N) is 2. The van der Waals surface area contributed by atoms with Crippen LogP contribution in [0.15, 0.2) is 35.5 Å². The van der Waals surface area contributed by atoms with E-state index in [2.05, 4.69) is 34.9 Å². The Balaban J connectivity index is 2.27. The van der Waals surface area contributed by atoms with Crippen molar-refractivity contribution in [2.24, 2.45) is 0 Å². The van der Waals surface area contributed by atoms with Crippen LogP contribution in [0.3, 0.4) is 0 Å². The van der Waals surface area contributed by atoms with E-state index < -0.39 is 10.0 Å². The Morgan fingerprint density at radius 3 is 2.26 bits per heavy atom. The van der Waals surface area contributed by atoms with Crippen LogP contribution in [0, 0.1) is 0 Å². The Morgan fingerprint density at radius 1 is 1.16 bits per heavy atom. The van der Waals surface area contributed by atoms with Crippen LogP contribution in [0.4, 0.5) is 5.13 Å². The highest BCUT2D eigenvalue weighted by Gasteiger charge is 2.18. The lowest BCUT2D eigenvalue weighted by molar-refractivity contribution is 0.587. The molecule has 2 rings (SSSR count). The Hall–Kier alpha value is -1.47. The van der Waals surface area contributed by atoms with Crippen LogP contribution in [-0.4, -0.2) is 17.8 Å². The lowest BCUT2D eigenvalue weighted by atomic mass is 9.87. The van der Waals surface area contributed by atoms with Crippen LogP contribution < -0.4 is 4.72 Å². The molecule has 0 bridgehead atoms. The molecule has 7 heteroatoms. The third-order valence-electron chi connectivity index (χ3n) is 2.61. The zero-order valence-corrected chi connectivity index (χ0v) is 12.5. The minimum Gasteiger partial charge on any atom is -0.253 e. The molecule has 0 fully saturated rings. The molecule has 0 radical (unpaired) electrons. The van der Waals surface area contributed by atoms with Gasteiger partial charge in [-0.25, -0.2) is 13.4 Å². The second-order valence-electron chi connectivity index (χ2n) is 5.13. The van der Waals surface area contributed by atoms with Crippen molar-refractivity contribution >= 4 is 26.7 Å². The van der Waals surface area contributed by atoms with E-state index in [4.69, 9.17) is 0 Å². The Morgan fingerprint density at radius 2 is 1.79 bits per heavy atom. The molecule has 0 amide bonds. The zero-order chi connectivity index (χ0) is 14.1. The summed E-state index contributed by atoms with van der Waals surface area (Å²) in [5.74, 6) is 0. The fraction of sp³-hybridized carbons (Fsp3) is 0.333. The molecule has 1 aromatic carbocycles. The third-order valence-corrected chi connectivity index (χ3v) is 4.68. The maximum absolute atomic E-state index is 12.1. The van der Waals surface area contributed by atoms with Gasteiger partial charge in [-0.15, -0.1) is 0 Å². The molecule has 0 saturated carbocycles. The molecule has 102 valence electrons. The summed E-state index contributed by atoms with van der Waals surface area (Å²) in [6.07, 6.45) is 1.31. The van der Waals surface area contributed by atoms with Gasteiger partial charge in [0.1, 0.15) is 6.33 Å². The van der Waals surface area contributed by atoms with Gasteiger partial charge in [-0.05, 0) is 23.1 Å². The van der Waals surface area contributed by atoms with Crippen LogP contribution in [0.1, 0.15) is 26.3 Å². The first-order chi connectivity index (χ1) is 8.79. The summed E-state index contributed by atoms with van der Waals surface area (Å²) in [5, 5.41) is 0.264. The minimum atomic E-state index is -3.59. The van der Waals surface area contributed by atoms with E-state index in [1.54, 1.807) is 12.1 Å². The Bertz CT molecular complexity index is 641. The van der Waals surface area contributed by atoms with Crippen molar-refractivity contribution in [3.63, 3.8) is 0 Å². The molecular formula is C12H15N3O2S2. The van der Waals surface area contributed by atoms with E-state index in [0.717, 1.165) is 17.1 Å². The summed E-state index contributed by atoms with van der Waals surface area (Å²) in [4.78, 5) is 4.02. The van der Waals surface area contributed by atoms with E-state index in [1.807, 2.05) is 12.1 Å². The van der Waals surface area contributed by atoms with E-state index >= 15 is 0 Å². The van der Waals surface area contributed by atoms with E-state index in [-0.39, 0.29) is 15.4 Å². The molecule has 0 atom stereocenters. The first-order valence-electron chi connectivity index (χ1n) is 5.69. The predicted octanol–water partition coefficient (Wildman–Crippen LogP) is 2.64. The Labute approximate surface area is 116 Å². The van der Waals surface area contributed by atoms with Crippen LogP contribution in [0.25, 0.3) is 0 Å². The molecule has 0 unspecified atom stereocenters. The summed E-state index contributed by atoms with van der Waals surface area (Å²) in [5.41, 5.74) is 1.08. The highest BCUT2D eigenvalue weighted by atomic mass is 32.2. The number of benzene rings is 1. The smallest absolute Gasteiger partial charge is 0.253 e. The lowest BCUT2D eigenvalue weighted by Crippen LogP contribution is -2.14. The average Bonchev–Trinajstić information content (AvgIpc) is 2.80. The van der Waals surface area contributed by atoms with Crippen molar-refractivity contribution in [3.8, 4) is 0 Å². The van der Waals surface area contributed by atoms with Gasteiger partial charge in [0.15, 0.2) is 0 Å². The molecule has 5 nitrogen and oxygen atoms in total. The van der Waals surface area contributed by atoms with Gasteiger partial charge in [-0.2, -0.15) is 4.37 Å². The topological polar surface area (TPSA) is 72.0 Å². The summed E-state index contributed by atoms with van der Waals surface area (Å²) >= 11 is 1.00. The number of sulfonamides is 1. The van der Waals surface area contributed by atoms with Crippen LogP contribution in [-0.2, 0) is 15.4 Å². The second-order valence-corrected chi connectivity index (χ2v) is 7.59. The van der Waals surface area contributed by atoms with Gasteiger partial charge in [0.25, 0.3) is 10.0 Å². The van der Waals surface area contributed by atoms with Gasteiger partial charge in [0.05, 0.1) is 4.90 Å². The van der Waals surface area contributed by atoms with Gasteiger partial charge >= 0.3 is 0 Å². The van der Waals surface area contributed by atoms with Gasteiger partial charge in [-0.3, -0.25) is 4.72 Å². The maximum Gasteiger partial charge on any atom is 0.263 e. The number of anilines is 1. The first-order valence-corrected chi connectivity index (χ1v) is 7.95. The summed E-state index contributed by atoms with van der Waals surface area (Å²) in [6, 6.07) is 6.86. The highest BCUT2D eigenvalue weighted by molar-refractivity contribution is 7.93. The fourth-order valence-electron chi connectivity index (χ4n) is 1.53. The quantitative estimate of drug-likeness (QED) is 0.945. The van der Waals surface area contributed by atoms with Crippen molar-refractivity contribution in [1.29, 1.82) is 0 Å². The summed E-state index contributed by atoms with van der Waals surface area (Å²) in [7, 11) is -3.59. The van der Waals surface area contributed by atoms with Gasteiger partial charge in [-0.1, -0.05) is 32.9 Å². The molecule has 1 heterocycles. The minimum absolute atomic E-state index is 0.00501. The van der Waals surface area contributed by atoms with Gasteiger partial charge in [0, 0.05) is 11.5 Å². The van der Waals surface area contributed by atoms with Crippen molar-refractivity contribution in [3.05, 3.63) is 36.2 Å². The molecule has 1 N–H and O–H groups in total. The molecule has 19 heavy (non-hydrogen) atoms. The maximum atomic E-state index is 12.1. The first kappa shape index (κ1) is 14.0. The summed E-state index contributed by atoms with van der Waals surface area (Å²) < 4.78 is 30.3. The van der Waals surface area contributed by atoms with E-state index in [9.17, 15) is 8.42 Å². The molecule has 1 aromatic heterocycles. The fourth-order valence-corrected chi connectivity index (χ4v) is 3.19. The van der Waals surface area contributed by atoms with Crippen molar-refractivity contribution in [2.75, 3.05) is 4.72 Å². The van der Waals surface area contributed by atoms with Crippen molar-refractivity contribution in [1.82, 2.24) is 9.36 Å².